The van der Waals surface area contributed by atoms with Gasteiger partial charge in [0.05, 0.1) is 5.92 Å². The van der Waals surface area contributed by atoms with Gasteiger partial charge in [0.1, 0.15) is 0 Å². The maximum atomic E-state index is 10.2. The molecule has 0 aromatic carbocycles. The number of carboxylic acid groups (broad SMARTS) is 1. The van der Waals surface area contributed by atoms with E-state index in [9.17, 15) is 4.79 Å². The van der Waals surface area contributed by atoms with Crippen molar-refractivity contribution >= 4 is 43.7 Å². The van der Waals surface area contributed by atoms with Crippen LogP contribution >= 0.6 is 0 Å². The third-order valence-electron chi connectivity index (χ3n) is 1.70. The summed E-state index contributed by atoms with van der Waals surface area (Å²) in [5.74, 6) is -0.627. The zero-order chi connectivity index (χ0) is 5.98. The molecule has 2 radical (unpaired) electrons. The van der Waals surface area contributed by atoms with Gasteiger partial charge in [-0.1, -0.05) is 12.8 Å². The monoisotopic (exact) mass is 154 g/mol. The Labute approximate surface area is 84.6 Å². The van der Waals surface area contributed by atoms with Gasteiger partial charge in [0.2, 0.25) is 0 Å². The van der Waals surface area contributed by atoms with Crippen LogP contribution in [0.2, 0.25) is 0 Å². The quantitative estimate of drug-likeness (QED) is 0.569. The fraction of sp³-hybridized carbons (Fsp3) is 0.833. The summed E-state index contributed by atoms with van der Waals surface area (Å²) in [7, 11) is 0. The van der Waals surface area contributed by atoms with Crippen LogP contribution in [-0.2, 0) is 4.79 Å². The van der Waals surface area contributed by atoms with Gasteiger partial charge in [-0.25, -0.2) is 0 Å². The molecule has 1 saturated carbocycles. The number of carboxylic acids is 1. The first kappa shape index (κ1) is 9.73. The summed E-state index contributed by atoms with van der Waals surface area (Å²) < 4.78 is 0. The minimum atomic E-state index is -0.609. The standard InChI is InChI=1S/C6H10O2.Ca/c7-6(8)5-3-1-2-4-5;/h5H,1-4H2,(H,7,8);. The summed E-state index contributed by atoms with van der Waals surface area (Å²) in [5.41, 5.74) is 0. The van der Waals surface area contributed by atoms with Gasteiger partial charge in [0.25, 0.3) is 0 Å². The SMILES string of the molecule is O=C(O)C1CCCC1.[Ca]. The average Bonchev–Trinajstić information content (AvgIpc) is 2.12. The molecule has 1 aliphatic rings. The van der Waals surface area contributed by atoms with E-state index in [0.29, 0.717) is 0 Å². The summed E-state index contributed by atoms with van der Waals surface area (Å²) in [6, 6.07) is 0. The number of hydrogen-bond acceptors (Lipinski definition) is 1. The van der Waals surface area contributed by atoms with E-state index in [1.165, 1.54) is 0 Å². The van der Waals surface area contributed by atoms with Gasteiger partial charge in [-0.05, 0) is 12.8 Å². The van der Waals surface area contributed by atoms with Crippen LogP contribution in [0.3, 0.4) is 0 Å². The molecular formula is C6H10CaO2. The Balaban J connectivity index is 0.000000640. The van der Waals surface area contributed by atoms with Gasteiger partial charge in [0.15, 0.2) is 0 Å². The molecule has 1 N–H and O–H groups in total. The fourth-order valence-electron chi connectivity index (χ4n) is 1.17. The van der Waals surface area contributed by atoms with Crippen LogP contribution in [0.1, 0.15) is 25.7 Å². The molecule has 0 heterocycles. The molecule has 0 aromatic rings. The van der Waals surface area contributed by atoms with Crippen molar-refractivity contribution < 1.29 is 9.90 Å². The van der Waals surface area contributed by atoms with Gasteiger partial charge in [-0.2, -0.15) is 0 Å². The fourth-order valence-corrected chi connectivity index (χ4v) is 1.17. The van der Waals surface area contributed by atoms with Crippen molar-refractivity contribution in [3.8, 4) is 0 Å². The Bertz CT molecular complexity index is 97.2. The van der Waals surface area contributed by atoms with Crippen LogP contribution in [-0.4, -0.2) is 48.8 Å². The number of aliphatic carboxylic acids is 1. The molecule has 0 amide bonds. The van der Waals surface area contributed by atoms with Crippen LogP contribution in [0.25, 0.3) is 0 Å². The van der Waals surface area contributed by atoms with Crippen LogP contribution in [0.15, 0.2) is 0 Å². The summed E-state index contributed by atoms with van der Waals surface area (Å²) in [6.07, 6.45) is 4.01. The van der Waals surface area contributed by atoms with Crippen LogP contribution in [0.4, 0.5) is 0 Å². The second-order valence-electron chi connectivity index (χ2n) is 2.32. The Hall–Kier alpha value is 0.730. The molecule has 0 aliphatic heterocycles. The first-order valence-electron chi connectivity index (χ1n) is 3.03. The van der Waals surface area contributed by atoms with E-state index in [-0.39, 0.29) is 43.7 Å². The summed E-state index contributed by atoms with van der Waals surface area (Å²) in [6.45, 7) is 0. The molecule has 1 rings (SSSR count). The maximum Gasteiger partial charge on any atom is 0.306 e. The Morgan fingerprint density at radius 3 is 2.00 bits per heavy atom. The minimum absolute atomic E-state index is 0. The zero-order valence-electron chi connectivity index (χ0n) is 5.47. The number of rotatable bonds is 1. The van der Waals surface area contributed by atoms with Crippen molar-refractivity contribution in [3.05, 3.63) is 0 Å². The molecule has 2 nitrogen and oxygen atoms in total. The van der Waals surface area contributed by atoms with E-state index < -0.39 is 5.97 Å². The van der Waals surface area contributed by atoms with Gasteiger partial charge in [-0.3, -0.25) is 4.79 Å². The molecule has 48 valence electrons. The smallest absolute Gasteiger partial charge is 0.306 e. The molecule has 0 atom stereocenters. The van der Waals surface area contributed by atoms with Crippen molar-refractivity contribution in [3.63, 3.8) is 0 Å². The second-order valence-corrected chi connectivity index (χ2v) is 2.32. The van der Waals surface area contributed by atoms with Crippen molar-refractivity contribution in [2.24, 2.45) is 5.92 Å². The van der Waals surface area contributed by atoms with Gasteiger partial charge >= 0.3 is 5.97 Å². The van der Waals surface area contributed by atoms with Crippen molar-refractivity contribution in [1.29, 1.82) is 0 Å². The molecule has 3 heteroatoms. The van der Waals surface area contributed by atoms with Gasteiger partial charge in [0, 0.05) is 37.7 Å². The molecule has 1 fully saturated rings. The van der Waals surface area contributed by atoms with Crippen molar-refractivity contribution in [2.75, 3.05) is 0 Å². The third kappa shape index (κ3) is 2.87. The maximum absolute atomic E-state index is 10.2. The number of hydrogen-bond donors (Lipinski definition) is 1. The molecular weight excluding hydrogens is 144 g/mol. The van der Waals surface area contributed by atoms with E-state index in [2.05, 4.69) is 0 Å². The predicted molar refractivity (Wildman–Crippen MR) is 35.3 cm³/mol. The first-order valence-corrected chi connectivity index (χ1v) is 3.03. The number of carbonyl (C=O) groups is 1. The second kappa shape index (κ2) is 4.53. The summed E-state index contributed by atoms with van der Waals surface area (Å²) >= 11 is 0. The Kier molecular flexibility index (Phi) is 4.90. The predicted octanol–water partition coefficient (Wildman–Crippen LogP) is 0.880. The van der Waals surface area contributed by atoms with Crippen molar-refractivity contribution in [2.45, 2.75) is 25.7 Å². The van der Waals surface area contributed by atoms with E-state index >= 15 is 0 Å². The van der Waals surface area contributed by atoms with Crippen LogP contribution in [0, 0.1) is 5.92 Å². The molecule has 0 unspecified atom stereocenters. The Morgan fingerprint density at radius 2 is 1.78 bits per heavy atom. The normalized spacial score (nSPS) is 19.1. The minimum Gasteiger partial charge on any atom is -0.481 e. The third-order valence-corrected chi connectivity index (χ3v) is 1.70. The molecule has 0 aromatic heterocycles. The van der Waals surface area contributed by atoms with E-state index in [4.69, 9.17) is 5.11 Å². The Morgan fingerprint density at radius 1 is 1.33 bits per heavy atom. The van der Waals surface area contributed by atoms with Crippen LogP contribution < -0.4 is 0 Å². The molecule has 0 bridgehead atoms. The zero-order valence-corrected chi connectivity index (χ0v) is 7.68. The largest absolute Gasteiger partial charge is 0.481 e. The van der Waals surface area contributed by atoms with E-state index in [0.717, 1.165) is 25.7 Å². The molecule has 0 saturated heterocycles. The van der Waals surface area contributed by atoms with E-state index in [1.54, 1.807) is 0 Å². The van der Waals surface area contributed by atoms with Gasteiger partial charge in [-0.15, -0.1) is 0 Å². The average molecular weight is 154 g/mol. The summed E-state index contributed by atoms with van der Waals surface area (Å²) in [5, 5.41) is 8.41. The molecule has 9 heavy (non-hydrogen) atoms. The van der Waals surface area contributed by atoms with Gasteiger partial charge < -0.3 is 5.11 Å². The topological polar surface area (TPSA) is 37.3 Å². The molecule has 1 aliphatic carbocycles. The molecule has 0 spiro atoms. The van der Waals surface area contributed by atoms with E-state index in [1.807, 2.05) is 0 Å². The first-order chi connectivity index (χ1) is 3.80. The van der Waals surface area contributed by atoms with Crippen LogP contribution in [0.5, 0.6) is 0 Å². The summed E-state index contributed by atoms with van der Waals surface area (Å²) in [4.78, 5) is 10.2. The van der Waals surface area contributed by atoms with Crippen molar-refractivity contribution in [1.82, 2.24) is 0 Å².